The fourth-order valence-electron chi connectivity index (χ4n) is 3.50. The summed E-state index contributed by atoms with van der Waals surface area (Å²) in [5, 5.41) is 3.10. The molecule has 3 rings (SSSR count). The summed E-state index contributed by atoms with van der Waals surface area (Å²) in [5.41, 5.74) is 6.59. The van der Waals surface area contributed by atoms with Crippen LogP contribution in [0.1, 0.15) is 59.5 Å². The van der Waals surface area contributed by atoms with Gasteiger partial charge in [0.25, 0.3) is 0 Å². The number of nitrogens with one attached hydrogen (secondary N) is 1. The zero-order valence-corrected chi connectivity index (χ0v) is 13.5. The molecule has 0 fully saturated rings. The van der Waals surface area contributed by atoms with E-state index in [2.05, 4.69) is 61.6 Å². The van der Waals surface area contributed by atoms with Crippen LogP contribution in [-0.2, 0) is 4.79 Å². The van der Waals surface area contributed by atoms with Gasteiger partial charge in [0.2, 0.25) is 5.91 Å². The Bertz CT molecular complexity index is 687. The maximum atomic E-state index is 11.5. The highest BCUT2D eigenvalue weighted by Gasteiger charge is 2.28. The Balaban J connectivity index is 2.02. The molecular formula is C20H23NO. The summed E-state index contributed by atoms with van der Waals surface area (Å²) in [7, 11) is 0. The monoisotopic (exact) mass is 293 g/mol. The number of fused-ring (bicyclic) bond motifs is 1. The predicted octanol–water partition coefficient (Wildman–Crippen LogP) is 4.41. The van der Waals surface area contributed by atoms with E-state index >= 15 is 0 Å². The first kappa shape index (κ1) is 14.8. The lowest BCUT2D eigenvalue weighted by Gasteiger charge is -2.32. The first-order valence-corrected chi connectivity index (χ1v) is 7.98. The SMILES string of the molecule is CC(=O)N[C@H]1CC[C@H](c2ccc(C)cc2)c2cc(C)ccc21. The largest absolute Gasteiger partial charge is 0.350 e. The lowest BCUT2D eigenvalue weighted by atomic mass is 9.76. The second-order valence-electron chi connectivity index (χ2n) is 6.43. The lowest BCUT2D eigenvalue weighted by Crippen LogP contribution is -2.30. The van der Waals surface area contributed by atoms with E-state index in [0.29, 0.717) is 5.92 Å². The molecule has 0 heterocycles. The van der Waals surface area contributed by atoms with Gasteiger partial charge < -0.3 is 5.32 Å². The quantitative estimate of drug-likeness (QED) is 0.873. The van der Waals surface area contributed by atoms with Gasteiger partial charge in [-0.05, 0) is 43.4 Å². The van der Waals surface area contributed by atoms with Crippen LogP contribution in [0.2, 0.25) is 0 Å². The number of benzene rings is 2. The van der Waals surface area contributed by atoms with E-state index in [-0.39, 0.29) is 11.9 Å². The van der Waals surface area contributed by atoms with Gasteiger partial charge >= 0.3 is 0 Å². The summed E-state index contributed by atoms with van der Waals surface area (Å²) in [6.45, 7) is 5.85. The summed E-state index contributed by atoms with van der Waals surface area (Å²) in [6, 6.07) is 15.6. The summed E-state index contributed by atoms with van der Waals surface area (Å²) in [6.07, 6.45) is 2.07. The molecule has 2 aromatic carbocycles. The first-order valence-electron chi connectivity index (χ1n) is 7.98. The van der Waals surface area contributed by atoms with Gasteiger partial charge in [-0.1, -0.05) is 53.6 Å². The van der Waals surface area contributed by atoms with Gasteiger partial charge in [-0.3, -0.25) is 4.79 Å². The van der Waals surface area contributed by atoms with Crippen LogP contribution < -0.4 is 5.32 Å². The van der Waals surface area contributed by atoms with Gasteiger partial charge in [0.05, 0.1) is 6.04 Å². The minimum absolute atomic E-state index is 0.0466. The minimum atomic E-state index is 0.0466. The molecule has 1 N–H and O–H groups in total. The van der Waals surface area contributed by atoms with Crippen molar-refractivity contribution in [2.45, 2.75) is 45.6 Å². The van der Waals surface area contributed by atoms with Gasteiger partial charge in [0, 0.05) is 12.8 Å². The molecule has 1 amide bonds. The molecule has 0 aromatic heterocycles. The number of rotatable bonds is 2. The first-order chi connectivity index (χ1) is 10.5. The third kappa shape index (κ3) is 2.92. The van der Waals surface area contributed by atoms with E-state index in [9.17, 15) is 4.79 Å². The van der Waals surface area contributed by atoms with Gasteiger partial charge in [-0.25, -0.2) is 0 Å². The molecule has 2 atom stereocenters. The van der Waals surface area contributed by atoms with Gasteiger partial charge in [-0.15, -0.1) is 0 Å². The van der Waals surface area contributed by atoms with Crippen molar-refractivity contribution in [3.8, 4) is 0 Å². The average molecular weight is 293 g/mol. The Morgan fingerprint density at radius 3 is 2.32 bits per heavy atom. The van der Waals surface area contributed by atoms with Crippen LogP contribution in [-0.4, -0.2) is 5.91 Å². The van der Waals surface area contributed by atoms with Crippen LogP contribution in [0, 0.1) is 13.8 Å². The fourth-order valence-corrected chi connectivity index (χ4v) is 3.50. The normalized spacial score (nSPS) is 20.3. The minimum Gasteiger partial charge on any atom is -0.350 e. The Morgan fingerprint density at radius 2 is 1.64 bits per heavy atom. The second kappa shape index (κ2) is 5.96. The average Bonchev–Trinajstić information content (AvgIpc) is 2.48. The van der Waals surface area contributed by atoms with Crippen molar-refractivity contribution in [3.05, 3.63) is 70.3 Å². The molecule has 22 heavy (non-hydrogen) atoms. The van der Waals surface area contributed by atoms with Crippen molar-refractivity contribution in [3.63, 3.8) is 0 Å². The number of carbonyl (C=O) groups is 1. The predicted molar refractivity (Wildman–Crippen MR) is 90.0 cm³/mol. The standard InChI is InChI=1S/C20H23NO/c1-13-4-7-16(8-5-13)17-10-11-20(21-15(3)22)18-9-6-14(2)12-19(17)18/h4-9,12,17,20H,10-11H2,1-3H3,(H,21,22)/t17-,20+/m1/s1. The third-order valence-electron chi connectivity index (χ3n) is 4.59. The van der Waals surface area contributed by atoms with Gasteiger partial charge in [0.15, 0.2) is 0 Å². The summed E-state index contributed by atoms with van der Waals surface area (Å²) in [5.74, 6) is 0.478. The molecule has 1 aliphatic carbocycles. The number of amides is 1. The van der Waals surface area contributed by atoms with E-state index in [1.807, 2.05) is 0 Å². The maximum Gasteiger partial charge on any atom is 0.217 e. The highest BCUT2D eigenvalue weighted by Crippen LogP contribution is 2.41. The van der Waals surface area contributed by atoms with E-state index in [1.54, 1.807) is 6.92 Å². The smallest absolute Gasteiger partial charge is 0.217 e. The maximum absolute atomic E-state index is 11.5. The fraction of sp³-hybridized carbons (Fsp3) is 0.350. The van der Waals surface area contributed by atoms with Crippen molar-refractivity contribution in [2.75, 3.05) is 0 Å². The molecule has 1 aliphatic rings. The summed E-state index contributed by atoms with van der Waals surface area (Å²) in [4.78, 5) is 11.5. The molecule has 0 aliphatic heterocycles. The molecule has 0 saturated carbocycles. The van der Waals surface area contributed by atoms with Crippen molar-refractivity contribution in [2.24, 2.45) is 0 Å². The third-order valence-corrected chi connectivity index (χ3v) is 4.59. The number of hydrogen-bond acceptors (Lipinski definition) is 1. The van der Waals surface area contributed by atoms with Gasteiger partial charge in [0.1, 0.15) is 0 Å². The topological polar surface area (TPSA) is 29.1 Å². The van der Waals surface area contributed by atoms with Crippen molar-refractivity contribution >= 4 is 5.91 Å². The molecular weight excluding hydrogens is 270 g/mol. The molecule has 0 bridgehead atoms. The molecule has 114 valence electrons. The Morgan fingerprint density at radius 1 is 0.955 bits per heavy atom. The van der Waals surface area contributed by atoms with Crippen LogP contribution >= 0.6 is 0 Å². The van der Waals surface area contributed by atoms with E-state index in [0.717, 1.165) is 12.8 Å². The van der Waals surface area contributed by atoms with Crippen molar-refractivity contribution < 1.29 is 4.79 Å². The lowest BCUT2D eigenvalue weighted by molar-refractivity contribution is -0.119. The molecule has 2 aromatic rings. The summed E-state index contributed by atoms with van der Waals surface area (Å²) >= 11 is 0. The van der Waals surface area contributed by atoms with E-state index in [1.165, 1.54) is 27.8 Å². The molecule has 2 heteroatoms. The second-order valence-corrected chi connectivity index (χ2v) is 6.43. The highest BCUT2D eigenvalue weighted by atomic mass is 16.1. The number of carbonyl (C=O) groups excluding carboxylic acids is 1. The molecule has 0 spiro atoms. The Labute approximate surface area is 132 Å². The summed E-state index contributed by atoms with van der Waals surface area (Å²) < 4.78 is 0. The molecule has 0 radical (unpaired) electrons. The van der Waals surface area contributed by atoms with Crippen LogP contribution in [0.3, 0.4) is 0 Å². The Kier molecular flexibility index (Phi) is 4.02. The van der Waals surface area contributed by atoms with Crippen molar-refractivity contribution in [1.29, 1.82) is 0 Å². The number of hydrogen-bond donors (Lipinski definition) is 1. The number of aryl methyl sites for hydroxylation is 2. The molecule has 0 saturated heterocycles. The van der Waals surface area contributed by atoms with Crippen LogP contribution in [0.4, 0.5) is 0 Å². The van der Waals surface area contributed by atoms with Crippen LogP contribution in [0.25, 0.3) is 0 Å². The molecule has 2 nitrogen and oxygen atoms in total. The van der Waals surface area contributed by atoms with E-state index < -0.39 is 0 Å². The van der Waals surface area contributed by atoms with E-state index in [4.69, 9.17) is 0 Å². The Hall–Kier alpha value is -2.09. The van der Waals surface area contributed by atoms with Crippen LogP contribution in [0.15, 0.2) is 42.5 Å². The zero-order valence-electron chi connectivity index (χ0n) is 13.5. The van der Waals surface area contributed by atoms with Crippen LogP contribution in [0.5, 0.6) is 0 Å². The van der Waals surface area contributed by atoms with Crippen molar-refractivity contribution in [1.82, 2.24) is 5.32 Å². The zero-order chi connectivity index (χ0) is 15.7. The van der Waals surface area contributed by atoms with Gasteiger partial charge in [-0.2, -0.15) is 0 Å². The molecule has 0 unspecified atom stereocenters. The highest BCUT2D eigenvalue weighted by molar-refractivity contribution is 5.73.